The van der Waals surface area contributed by atoms with Crippen molar-refractivity contribution in [3.63, 3.8) is 0 Å². The molecule has 0 amide bonds. The average molecular weight is 269 g/mol. The topological polar surface area (TPSA) is 21.3 Å². The van der Waals surface area contributed by atoms with E-state index in [1.54, 1.807) is 6.07 Å². The molecular weight excluding hydrogens is 253 g/mol. The van der Waals surface area contributed by atoms with Crippen LogP contribution in [0.15, 0.2) is 48.5 Å². The van der Waals surface area contributed by atoms with Crippen LogP contribution in [0.2, 0.25) is 0 Å². The number of ether oxygens (including phenoxy) is 1. The molecule has 1 saturated heterocycles. The van der Waals surface area contributed by atoms with E-state index in [2.05, 4.69) is 29.6 Å². The third kappa shape index (κ3) is 1.81. The number of fused-ring (bicyclic) bond motifs is 3. The molecule has 3 atom stereocenters. The van der Waals surface area contributed by atoms with Crippen LogP contribution in [0.1, 0.15) is 29.7 Å². The van der Waals surface area contributed by atoms with Gasteiger partial charge in [0.25, 0.3) is 0 Å². The van der Waals surface area contributed by atoms with E-state index in [4.69, 9.17) is 4.74 Å². The van der Waals surface area contributed by atoms with Crippen molar-refractivity contribution in [3.8, 4) is 0 Å². The average Bonchev–Trinajstić information content (AvgIpc) is 2.97. The van der Waals surface area contributed by atoms with Crippen molar-refractivity contribution in [2.45, 2.75) is 18.6 Å². The highest BCUT2D eigenvalue weighted by Crippen LogP contribution is 2.49. The van der Waals surface area contributed by atoms with Crippen molar-refractivity contribution in [2.24, 2.45) is 5.92 Å². The molecule has 0 spiro atoms. The van der Waals surface area contributed by atoms with Gasteiger partial charge < -0.3 is 10.1 Å². The van der Waals surface area contributed by atoms with Crippen LogP contribution in [0.3, 0.4) is 0 Å². The maximum Gasteiger partial charge on any atom is 0.123 e. The standard InChI is InChI=1S/C17H16FNO/c18-12-6-7-15-14(10-12)17-13(8-9-20-17)16(19-15)11-4-2-1-3-5-11/h1-7,10,13,16-17,19H,8-9H2/t13-,16-,17-/m1/s1. The molecule has 2 nitrogen and oxygen atoms in total. The highest BCUT2D eigenvalue weighted by Gasteiger charge is 2.41. The molecule has 102 valence electrons. The van der Waals surface area contributed by atoms with Crippen LogP contribution in [-0.2, 0) is 4.74 Å². The molecule has 1 fully saturated rings. The lowest BCUT2D eigenvalue weighted by Gasteiger charge is -2.36. The first-order valence-corrected chi connectivity index (χ1v) is 7.05. The molecule has 2 heterocycles. The van der Waals surface area contributed by atoms with Crippen LogP contribution >= 0.6 is 0 Å². The largest absolute Gasteiger partial charge is 0.378 e. The first-order valence-electron chi connectivity index (χ1n) is 7.05. The highest BCUT2D eigenvalue weighted by atomic mass is 19.1. The number of hydrogen-bond donors (Lipinski definition) is 1. The van der Waals surface area contributed by atoms with Crippen molar-refractivity contribution >= 4 is 5.69 Å². The minimum absolute atomic E-state index is 0.00663. The number of hydrogen-bond acceptors (Lipinski definition) is 2. The summed E-state index contributed by atoms with van der Waals surface area (Å²) in [6.45, 7) is 0.746. The monoisotopic (exact) mass is 269 g/mol. The Morgan fingerprint density at radius 2 is 1.95 bits per heavy atom. The van der Waals surface area contributed by atoms with Gasteiger partial charge in [0, 0.05) is 23.8 Å². The van der Waals surface area contributed by atoms with Crippen molar-refractivity contribution < 1.29 is 9.13 Å². The molecule has 0 aliphatic carbocycles. The number of nitrogens with one attached hydrogen (secondary N) is 1. The molecule has 0 unspecified atom stereocenters. The molecule has 2 aromatic carbocycles. The quantitative estimate of drug-likeness (QED) is 0.842. The highest BCUT2D eigenvalue weighted by molar-refractivity contribution is 5.57. The van der Waals surface area contributed by atoms with E-state index >= 15 is 0 Å². The third-order valence-electron chi connectivity index (χ3n) is 4.36. The Kier molecular flexibility index (Phi) is 2.74. The predicted octanol–water partition coefficient (Wildman–Crippen LogP) is 4.07. The van der Waals surface area contributed by atoms with E-state index in [0.717, 1.165) is 24.3 Å². The van der Waals surface area contributed by atoms with E-state index in [1.807, 2.05) is 12.1 Å². The summed E-state index contributed by atoms with van der Waals surface area (Å²) in [6, 6.07) is 15.6. The van der Waals surface area contributed by atoms with E-state index in [9.17, 15) is 4.39 Å². The summed E-state index contributed by atoms with van der Waals surface area (Å²) in [5, 5.41) is 3.57. The van der Waals surface area contributed by atoms with E-state index < -0.39 is 0 Å². The molecule has 0 bridgehead atoms. The fourth-order valence-electron chi connectivity index (χ4n) is 3.43. The zero-order valence-corrected chi connectivity index (χ0v) is 11.1. The zero-order valence-electron chi connectivity index (χ0n) is 11.1. The number of benzene rings is 2. The molecule has 4 rings (SSSR count). The second kappa shape index (κ2) is 4.60. The fourth-order valence-corrected chi connectivity index (χ4v) is 3.43. The Morgan fingerprint density at radius 1 is 1.10 bits per heavy atom. The Labute approximate surface area is 117 Å². The third-order valence-corrected chi connectivity index (χ3v) is 4.36. The summed E-state index contributed by atoms with van der Waals surface area (Å²) < 4.78 is 19.4. The summed E-state index contributed by atoms with van der Waals surface area (Å²) in [5.74, 6) is 0.171. The van der Waals surface area contributed by atoms with Crippen LogP contribution in [0.25, 0.3) is 0 Å². The maximum absolute atomic E-state index is 13.5. The lowest BCUT2D eigenvalue weighted by atomic mass is 9.81. The van der Waals surface area contributed by atoms with Gasteiger partial charge in [-0.1, -0.05) is 30.3 Å². The Balaban J connectivity index is 1.79. The van der Waals surface area contributed by atoms with Gasteiger partial charge >= 0.3 is 0 Å². The molecule has 20 heavy (non-hydrogen) atoms. The van der Waals surface area contributed by atoms with Crippen molar-refractivity contribution in [1.82, 2.24) is 0 Å². The van der Waals surface area contributed by atoms with Gasteiger partial charge in [-0.2, -0.15) is 0 Å². The first-order chi connectivity index (χ1) is 9.83. The van der Waals surface area contributed by atoms with Crippen molar-refractivity contribution in [2.75, 3.05) is 11.9 Å². The lowest BCUT2D eigenvalue weighted by Crippen LogP contribution is -2.29. The Morgan fingerprint density at radius 3 is 2.80 bits per heavy atom. The van der Waals surface area contributed by atoms with Gasteiger partial charge in [-0.05, 0) is 30.2 Å². The van der Waals surface area contributed by atoms with Gasteiger partial charge in [-0.3, -0.25) is 0 Å². The number of anilines is 1. The Hall–Kier alpha value is -1.87. The summed E-state index contributed by atoms with van der Waals surface area (Å²) in [6.07, 6.45) is 1.01. The molecule has 2 aromatic rings. The number of halogens is 1. The zero-order chi connectivity index (χ0) is 13.5. The predicted molar refractivity (Wildman–Crippen MR) is 76.0 cm³/mol. The summed E-state index contributed by atoms with van der Waals surface area (Å²) in [4.78, 5) is 0. The van der Waals surface area contributed by atoms with Gasteiger partial charge in [0.15, 0.2) is 0 Å². The van der Waals surface area contributed by atoms with Crippen LogP contribution in [0, 0.1) is 11.7 Å². The first kappa shape index (κ1) is 11.9. The molecule has 2 aliphatic rings. The molecule has 2 aliphatic heterocycles. The van der Waals surface area contributed by atoms with Crippen LogP contribution < -0.4 is 5.32 Å². The molecule has 0 radical (unpaired) electrons. The van der Waals surface area contributed by atoms with Gasteiger partial charge in [-0.25, -0.2) is 4.39 Å². The minimum atomic E-state index is -0.196. The van der Waals surface area contributed by atoms with Gasteiger partial charge in [0.1, 0.15) is 5.82 Å². The minimum Gasteiger partial charge on any atom is -0.378 e. The van der Waals surface area contributed by atoms with Gasteiger partial charge in [-0.15, -0.1) is 0 Å². The fraction of sp³-hybridized carbons (Fsp3) is 0.294. The maximum atomic E-state index is 13.5. The Bertz CT molecular complexity index is 628. The van der Waals surface area contributed by atoms with Crippen molar-refractivity contribution in [3.05, 3.63) is 65.5 Å². The molecular formula is C17H16FNO. The van der Waals surface area contributed by atoms with Crippen LogP contribution in [0.5, 0.6) is 0 Å². The lowest BCUT2D eigenvalue weighted by molar-refractivity contribution is 0.0826. The van der Waals surface area contributed by atoms with E-state index in [0.29, 0.717) is 5.92 Å². The smallest absolute Gasteiger partial charge is 0.123 e. The molecule has 3 heteroatoms. The van der Waals surface area contributed by atoms with Crippen LogP contribution in [-0.4, -0.2) is 6.61 Å². The summed E-state index contributed by atoms with van der Waals surface area (Å²) >= 11 is 0. The normalized spacial score (nSPS) is 27.6. The van der Waals surface area contributed by atoms with E-state index in [1.165, 1.54) is 11.6 Å². The molecule has 0 saturated carbocycles. The van der Waals surface area contributed by atoms with E-state index in [-0.39, 0.29) is 18.0 Å². The van der Waals surface area contributed by atoms with Gasteiger partial charge in [0.05, 0.1) is 12.1 Å². The van der Waals surface area contributed by atoms with Gasteiger partial charge in [0.2, 0.25) is 0 Å². The SMILES string of the molecule is Fc1ccc2c(c1)[C@@H]1OCC[C@@H]1[C@@H](c1ccccc1)N2. The van der Waals surface area contributed by atoms with Crippen molar-refractivity contribution in [1.29, 1.82) is 0 Å². The van der Waals surface area contributed by atoms with Crippen LogP contribution in [0.4, 0.5) is 10.1 Å². The number of rotatable bonds is 1. The second-order valence-corrected chi connectivity index (χ2v) is 5.51. The molecule has 0 aromatic heterocycles. The molecule has 1 N–H and O–H groups in total. The second-order valence-electron chi connectivity index (χ2n) is 5.51. The summed E-state index contributed by atoms with van der Waals surface area (Å²) in [5.41, 5.74) is 3.21. The summed E-state index contributed by atoms with van der Waals surface area (Å²) in [7, 11) is 0.